The van der Waals surface area contributed by atoms with Crippen LogP contribution in [0.1, 0.15) is 16.1 Å². The predicted molar refractivity (Wildman–Crippen MR) is 72.7 cm³/mol. The van der Waals surface area contributed by atoms with Gasteiger partial charge < -0.3 is 9.47 Å². The predicted octanol–water partition coefficient (Wildman–Crippen LogP) is 2.63. The van der Waals surface area contributed by atoms with Crippen molar-refractivity contribution < 1.29 is 18.7 Å². The second-order valence-electron chi connectivity index (χ2n) is 3.70. The molecule has 2 rings (SSSR count). The largest absolute Gasteiger partial charge is 0.480 e. The van der Waals surface area contributed by atoms with Crippen LogP contribution < -0.4 is 9.47 Å². The van der Waals surface area contributed by atoms with Crippen LogP contribution in [0.2, 0.25) is 0 Å². The van der Waals surface area contributed by atoms with Crippen LogP contribution in [0, 0.1) is 5.82 Å². The number of hydrogen-bond acceptors (Lipinski definition) is 5. The lowest BCUT2D eigenvalue weighted by Gasteiger charge is -2.08. The van der Waals surface area contributed by atoms with Gasteiger partial charge in [0, 0.05) is 0 Å². The first-order valence-corrected chi connectivity index (χ1v) is 6.31. The molecule has 0 spiro atoms. The number of methoxy groups -OCH3 is 2. The summed E-state index contributed by atoms with van der Waals surface area (Å²) in [6.07, 6.45) is 1.27. The Balaban J connectivity index is 2.50. The summed E-state index contributed by atoms with van der Waals surface area (Å²) >= 11 is 3.03. The van der Waals surface area contributed by atoms with E-state index in [1.807, 2.05) is 0 Å². The van der Waals surface area contributed by atoms with Gasteiger partial charge in [0.25, 0.3) is 0 Å². The lowest BCUT2D eigenvalue weighted by molar-refractivity contribution is 0.102. The van der Waals surface area contributed by atoms with Gasteiger partial charge in [0.1, 0.15) is 5.82 Å². The summed E-state index contributed by atoms with van der Waals surface area (Å²) in [7, 11) is 2.76. The average molecular weight is 341 g/mol. The molecule has 1 aromatic carbocycles. The average Bonchev–Trinajstić information content (AvgIpc) is 2.48. The van der Waals surface area contributed by atoms with Gasteiger partial charge >= 0.3 is 0 Å². The van der Waals surface area contributed by atoms with Crippen molar-refractivity contribution in [2.24, 2.45) is 0 Å². The maximum absolute atomic E-state index is 13.9. The van der Waals surface area contributed by atoms with Crippen molar-refractivity contribution in [1.82, 2.24) is 9.97 Å². The molecule has 7 heteroatoms. The van der Waals surface area contributed by atoms with Gasteiger partial charge in [0.2, 0.25) is 17.5 Å². The maximum Gasteiger partial charge on any atom is 0.247 e. The van der Waals surface area contributed by atoms with Gasteiger partial charge in [-0.05, 0) is 28.1 Å². The van der Waals surface area contributed by atoms with Gasteiger partial charge in [-0.2, -0.15) is 4.98 Å². The molecule has 104 valence electrons. The third-order valence-corrected chi connectivity index (χ3v) is 3.14. The van der Waals surface area contributed by atoms with Crippen LogP contribution in [0.5, 0.6) is 11.8 Å². The van der Waals surface area contributed by atoms with Crippen molar-refractivity contribution in [2.75, 3.05) is 14.2 Å². The van der Waals surface area contributed by atoms with E-state index in [0.717, 1.165) is 0 Å². The quantitative estimate of drug-likeness (QED) is 0.800. The van der Waals surface area contributed by atoms with Gasteiger partial charge in [-0.25, -0.2) is 9.37 Å². The van der Waals surface area contributed by atoms with E-state index in [9.17, 15) is 9.18 Å². The molecule has 0 bridgehead atoms. The lowest BCUT2D eigenvalue weighted by atomic mass is 10.1. The third-order valence-electron chi connectivity index (χ3n) is 2.53. The second kappa shape index (κ2) is 5.96. The third kappa shape index (κ3) is 2.62. The van der Waals surface area contributed by atoms with Crippen LogP contribution in [0.25, 0.3) is 0 Å². The highest BCUT2D eigenvalue weighted by Crippen LogP contribution is 2.24. The molecule has 2 aromatic rings. The summed E-state index contributed by atoms with van der Waals surface area (Å²) in [5.41, 5.74) is -0.192. The molecule has 0 N–H and O–H groups in total. The molecule has 1 aromatic heterocycles. The van der Waals surface area contributed by atoms with Crippen molar-refractivity contribution in [1.29, 1.82) is 0 Å². The zero-order valence-corrected chi connectivity index (χ0v) is 12.3. The Kier molecular flexibility index (Phi) is 4.29. The lowest BCUT2D eigenvalue weighted by Crippen LogP contribution is -2.10. The van der Waals surface area contributed by atoms with E-state index in [1.54, 1.807) is 6.07 Å². The Morgan fingerprint density at radius 1 is 1.30 bits per heavy atom. The number of rotatable bonds is 4. The standard InChI is InChI=1S/C13H10BrFN2O3/c1-19-9-6-16-11(13(17-9)20-2)12(18)7-4-3-5-8(14)10(7)15/h3-6H,1-2H3. The summed E-state index contributed by atoms with van der Waals surface area (Å²) in [6, 6.07) is 4.43. The van der Waals surface area contributed by atoms with Gasteiger partial charge in [0.05, 0.1) is 30.5 Å². The van der Waals surface area contributed by atoms with E-state index < -0.39 is 11.6 Å². The number of aromatic nitrogens is 2. The molecule has 1 heterocycles. The molecule has 0 atom stereocenters. The fourth-order valence-corrected chi connectivity index (χ4v) is 1.93. The van der Waals surface area contributed by atoms with E-state index in [2.05, 4.69) is 25.9 Å². The second-order valence-corrected chi connectivity index (χ2v) is 4.56. The number of ether oxygens (including phenoxy) is 2. The molecule has 0 aliphatic heterocycles. The van der Waals surface area contributed by atoms with Crippen LogP contribution in [0.4, 0.5) is 4.39 Å². The Hall–Kier alpha value is -2.02. The summed E-state index contributed by atoms with van der Waals surface area (Å²) < 4.78 is 24.0. The van der Waals surface area contributed by atoms with Crippen LogP contribution in [-0.4, -0.2) is 30.0 Å². The molecule has 0 saturated heterocycles. The number of carbonyl (C=O) groups excluding carboxylic acids is 1. The monoisotopic (exact) mass is 340 g/mol. The van der Waals surface area contributed by atoms with E-state index in [1.165, 1.54) is 32.5 Å². The number of halogens is 2. The van der Waals surface area contributed by atoms with Crippen LogP contribution >= 0.6 is 15.9 Å². The van der Waals surface area contributed by atoms with Crippen LogP contribution in [0.3, 0.4) is 0 Å². The minimum Gasteiger partial charge on any atom is -0.480 e. The highest BCUT2D eigenvalue weighted by molar-refractivity contribution is 9.10. The van der Waals surface area contributed by atoms with Crippen molar-refractivity contribution >= 4 is 21.7 Å². The molecule has 0 amide bonds. The van der Waals surface area contributed by atoms with Crippen molar-refractivity contribution in [3.05, 3.63) is 45.9 Å². The normalized spacial score (nSPS) is 10.2. The summed E-state index contributed by atoms with van der Waals surface area (Å²) in [6.45, 7) is 0. The number of nitrogens with zero attached hydrogens (tertiary/aromatic N) is 2. The van der Waals surface area contributed by atoms with E-state index in [-0.39, 0.29) is 27.5 Å². The minimum absolute atomic E-state index is 0.0197. The number of carbonyl (C=O) groups is 1. The number of benzene rings is 1. The Morgan fingerprint density at radius 3 is 2.70 bits per heavy atom. The molecule has 0 unspecified atom stereocenters. The number of hydrogen-bond donors (Lipinski definition) is 0. The van der Waals surface area contributed by atoms with Crippen molar-refractivity contribution in [2.45, 2.75) is 0 Å². The Labute approximate surface area is 122 Å². The van der Waals surface area contributed by atoms with E-state index in [0.29, 0.717) is 0 Å². The molecule has 0 radical (unpaired) electrons. The van der Waals surface area contributed by atoms with Crippen molar-refractivity contribution in [3.63, 3.8) is 0 Å². The molecule has 0 aliphatic rings. The fraction of sp³-hybridized carbons (Fsp3) is 0.154. The van der Waals surface area contributed by atoms with Crippen LogP contribution in [-0.2, 0) is 0 Å². The highest BCUT2D eigenvalue weighted by atomic mass is 79.9. The Morgan fingerprint density at radius 2 is 2.05 bits per heavy atom. The van der Waals surface area contributed by atoms with E-state index >= 15 is 0 Å². The summed E-state index contributed by atoms with van der Waals surface area (Å²) in [5.74, 6) is -1.09. The van der Waals surface area contributed by atoms with Gasteiger partial charge in [-0.15, -0.1) is 0 Å². The first-order chi connectivity index (χ1) is 9.58. The summed E-state index contributed by atoms with van der Waals surface area (Å²) in [5, 5.41) is 0. The molecular formula is C13H10BrFN2O3. The molecule has 5 nitrogen and oxygen atoms in total. The molecule has 0 saturated carbocycles. The smallest absolute Gasteiger partial charge is 0.247 e. The maximum atomic E-state index is 13.9. The number of ketones is 1. The molecule has 0 fully saturated rings. The van der Waals surface area contributed by atoms with E-state index in [4.69, 9.17) is 9.47 Å². The highest BCUT2D eigenvalue weighted by Gasteiger charge is 2.22. The topological polar surface area (TPSA) is 61.3 Å². The summed E-state index contributed by atoms with van der Waals surface area (Å²) in [4.78, 5) is 20.2. The molecule has 0 aliphatic carbocycles. The van der Waals surface area contributed by atoms with Crippen LogP contribution in [0.15, 0.2) is 28.9 Å². The Bertz CT molecular complexity index is 664. The van der Waals surface area contributed by atoms with Gasteiger partial charge in [-0.3, -0.25) is 4.79 Å². The van der Waals surface area contributed by atoms with Gasteiger partial charge in [-0.1, -0.05) is 6.07 Å². The molecule has 20 heavy (non-hydrogen) atoms. The zero-order valence-electron chi connectivity index (χ0n) is 10.7. The van der Waals surface area contributed by atoms with Gasteiger partial charge in [0.15, 0.2) is 5.69 Å². The van der Waals surface area contributed by atoms with Crippen molar-refractivity contribution in [3.8, 4) is 11.8 Å². The fourth-order valence-electron chi connectivity index (χ4n) is 1.56. The minimum atomic E-state index is -0.655. The first-order valence-electron chi connectivity index (χ1n) is 5.52. The zero-order chi connectivity index (χ0) is 14.7. The SMILES string of the molecule is COc1cnc(C(=O)c2cccc(Br)c2F)c(OC)n1. The molecular weight excluding hydrogens is 331 g/mol. The first kappa shape index (κ1) is 14.4.